The Kier molecular flexibility index (Phi) is 7.26. The largest absolute Gasteiger partial charge is 0.452 e. The summed E-state index contributed by atoms with van der Waals surface area (Å²) in [5, 5.41) is 2.64. The van der Waals surface area contributed by atoms with Gasteiger partial charge in [-0.05, 0) is 50.2 Å². The Morgan fingerprint density at radius 2 is 1.73 bits per heavy atom. The Morgan fingerprint density at radius 1 is 1.06 bits per heavy atom. The van der Waals surface area contributed by atoms with E-state index in [1.165, 1.54) is 32.3 Å². The second-order valence-corrected chi connectivity index (χ2v) is 10.1. The topological polar surface area (TPSA) is 97.7 Å². The van der Waals surface area contributed by atoms with Gasteiger partial charge < -0.3 is 14.6 Å². The van der Waals surface area contributed by atoms with Crippen LogP contribution in [0.1, 0.15) is 21.7 Å². The first-order valence-electron chi connectivity index (χ1n) is 9.95. The molecule has 3 aromatic rings. The van der Waals surface area contributed by atoms with E-state index in [0.29, 0.717) is 11.3 Å². The average molecular weight is 490 g/mol. The fourth-order valence-corrected chi connectivity index (χ4v) is 4.40. The van der Waals surface area contributed by atoms with Crippen LogP contribution in [0.5, 0.6) is 0 Å². The number of hydrogen-bond acceptors (Lipinski definition) is 5. The normalized spacial score (nSPS) is 11.5. The molecule has 8 nitrogen and oxygen atoms in total. The second-order valence-electron chi connectivity index (χ2n) is 7.51. The minimum absolute atomic E-state index is 0.0300. The molecular weight excluding hydrogens is 466 g/mol. The van der Waals surface area contributed by atoms with Crippen LogP contribution in [0.3, 0.4) is 0 Å². The van der Waals surface area contributed by atoms with E-state index in [9.17, 15) is 18.0 Å². The van der Waals surface area contributed by atoms with Crippen LogP contribution >= 0.6 is 11.6 Å². The number of esters is 1. The lowest BCUT2D eigenvalue weighted by molar-refractivity contribution is -0.119. The number of carbonyl (C=O) groups is 2. The Bertz CT molecular complexity index is 1300. The molecule has 0 saturated heterocycles. The molecular formula is C23H24ClN3O5S. The van der Waals surface area contributed by atoms with E-state index < -0.39 is 28.5 Å². The number of aryl methyl sites for hydroxylation is 1. The Balaban J connectivity index is 1.71. The zero-order valence-electron chi connectivity index (χ0n) is 18.6. The number of hydrogen-bond donors (Lipinski definition) is 1. The molecule has 1 N–H and O–H groups in total. The third-order valence-electron chi connectivity index (χ3n) is 4.99. The molecule has 0 aliphatic rings. The number of anilines is 1. The highest BCUT2D eigenvalue weighted by Gasteiger charge is 2.21. The number of nitrogens with one attached hydrogen (secondary N) is 1. The van der Waals surface area contributed by atoms with E-state index in [2.05, 4.69) is 5.32 Å². The molecule has 1 amide bonds. The molecule has 3 rings (SSSR count). The number of rotatable bonds is 7. The molecule has 174 valence electrons. The van der Waals surface area contributed by atoms with E-state index in [-0.39, 0.29) is 15.6 Å². The maximum absolute atomic E-state index is 12.6. The van der Waals surface area contributed by atoms with Crippen molar-refractivity contribution in [3.05, 3.63) is 76.6 Å². The smallest absolute Gasteiger partial charge is 0.340 e. The molecule has 33 heavy (non-hydrogen) atoms. The molecule has 0 unspecified atom stereocenters. The van der Waals surface area contributed by atoms with Gasteiger partial charge in [-0.3, -0.25) is 4.79 Å². The minimum Gasteiger partial charge on any atom is -0.452 e. The molecule has 0 spiro atoms. The summed E-state index contributed by atoms with van der Waals surface area (Å²) in [5.41, 5.74) is 2.89. The van der Waals surface area contributed by atoms with Crippen molar-refractivity contribution in [3.8, 4) is 5.69 Å². The zero-order chi connectivity index (χ0) is 24.3. The lowest BCUT2D eigenvalue weighted by Gasteiger charge is -2.14. The molecule has 0 atom stereocenters. The standard InChI is InChI=1S/C23H24ClN3O5S/c1-15-12-19(16(2)27(15)17-8-6-5-7-9-17)23(29)32-14-22(28)25-21-13-18(10-11-20(21)24)33(30,31)26(3)4/h5-13H,14H2,1-4H3,(H,25,28). The van der Waals surface area contributed by atoms with Crippen LogP contribution in [0.2, 0.25) is 5.02 Å². The van der Waals surface area contributed by atoms with E-state index in [1.54, 1.807) is 13.0 Å². The highest BCUT2D eigenvalue weighted by molar-refractivity contribution is 7.89. The summed E-state index contributed by atoms with van der Waals surface area (Å²) in [6, 6.07) is 15.2. The van der Waals surface area contributed by atoms with Gasteiger partial charge >= 0.3 is 5.97 Å². The van der Waals surface area contributed by atoms with Gasteiger partial charge in [-0.1, -0.05) is 29.8 Å². The fourth-order valence-electron chi connectivity index (χ4n) is 3.31. The first kappa shape index (κ1) is 24.5. The highest BCUT2D eigenvalue weighted by Crippen LogP contribution is 2.26. The van der Waals surface area contributed by atoms with Crippen molar-refractivity contribution in [2.75, 3.05) is 26.0 Å². The zero-order valence-corrected chi connectivity index (χ0v) is 20.2. The number of para-hydroxylation sites is 1. The van der Waals surface area contributed by atoms with Gasteiger partial charge in [0.25, 0.3) is 5.91 Å². The van der Waals surface area contributed by atoms with Gasteiger partial charge in [-0.25, -0.2) is 17.5 Å². The van der Waals surface area contributed by atoms with Crippen molar-refractivity contribution in [2.45, 2.75) is 18.7 Å². The minimum atomic E-state index is -3.71. The summed E-state index contributed by atoms with van der Waals surface area (Å²) in [7, 11) is -0.909. The van der Waals surface area contributed by atoms with Gasteiger partial charge in [0.2, 0.25) is 10.0 Å². The van der Waals surface area contributed by atoms with Crippen LogP contribution in [-0.2, 0) is 19.6 Å². The average Bonchev–Trinajstić information content (AvgIpc) is 3.07. The number of sulfonamides is 1. The Hall–Kier alpha value is -3.14. The summed E-state index contributed by atoms with van der Waals surface area (Å²) in [6.45, 7) is 3.11. The number of aromatic nitrogens is 1. The predicted octanol–water partition coefficient (Wildman–Crippen LogP) is 3.79. The van der Waals surface area contributed by atoms with Crippen molar-refractivity contribution < 1.29 is 22.7 Å². The summed E-state index contributed by atoms with van der Waals surface area (Å²) < 4.78 is 32.8. The van der Waals surface area contributed by atoms with E-state index in [1.807, 2.05) is 41.8 Å². The van der Waals surface area contributed by atoms with Crippen molar-refractivity contribution in [1.29, 1.82) is 0 Å². The maximum atomic E-state index is 12.6. The quantitative estimate of drug-likeness (QED) is 0.509. The van der Waals surface area contributed by atoms with Gasteiger partial charge in [-0.2, -0.15) is 0 Å². The summed E-state index contributed by atoms with van der Waals surface area (Å²) in [5.74, 6) is -1.29. The summed E-state index contributed by atoms with van der Waals surface area (Å²) >= 11 is 6.09. The third kappa shape index (κ3) is 5.27. The summed E-state index contributed by atoms with van der Waals surface area (Å²) in [4.78, 5) is 25.0. The van der Waals surface area contributed by atoms with Crippen molar-refractivity contribution in [1.82, 2.24) is 8.87 Å². The molecule has 0 fully saturated rings. The molecule has 1 heterocycles. The van der Waals surface area contributed by atoms with Crippen molar-refractivity contribution in [3.63, 3.8) is 0 Å². The van der Waals surface area contributed by atoms with Crippen LogP contribution in [0.25, 0.3) is 5.69 Å². The number of amides is 1. The molecule has 1 aromatic heterocycles. The lowest BCUT2D eigenvalue weighted by Crippen LogP contribution is -2.23. The van der Waals surface area contributed by atoms with Crippen LogP contribution in [0, 0.1) is 13.8 Å². The number of halogens is 1. The number of benzene rings is 2. The molecule has 0 bridgehead atoms. The number of carbonyl (C=O) groups excluding carboxylic acids is 2. The number of nitrogens with zero attached hydrogens (tertiary/aromatic N) is 2. The molecule has 0 radical (unpaired) electrons. The molecule has 10 heteroatoms. The van der Waals surface area contributed by atoms with Gasteiger partial charge in [0.05, 0.1) is 21.2 Å². The predicted molar refractivity (Wildman–Crippen MR) is 126 cm³/mol. The Labute approximate surface area is 197 Å². The summed E-state index contributed by atoms with van der Waals surface area (Å²) in [6.07, 6.45) is 0. The third-order valence-corrected chi connectivity index (χ3v) is 7.13. The van der Waals surface area contributed by atoms with Crippen LogP contribution in [-0.4, -0.2) is 49.9 Å². The van der Waals surface area contributed by atoms with Crippen LogP contribution in [0.4, 0.5) is 5.69 Å². The maximum Gasteiger partial charge on any atom is 0.340 e. The molecule has 0 aliphatic heterocycles. The van der Waals surface area contributed by atoms with Crippen molar-refractivity contribution in [2.24, 2.45) is 0 Å². The monoisotopic (exact) mass is 489 g/mol. The van der Waals surface area contributed by atoms with Gasteiger partial charge in [0, 0.05) is 31.2 Å². The SMILES string of the molecule is Cc1cc(C(=O)OCC(=O)Nc2cc(S(=O)(=O)N(C)C)ccc2Cl)c(C)n1-c1ccccc1. The Morgan fingerprint density at radius 3 is 2.36 bits per heavy atom. The number of ether oxygens (including phenoxy) is 1. The van der Waals surface area contributed by atoms with Crippen LogP contribution in [0.15, 0.2) is 59.5 Å². The van der Waals surface area contributed by atoms with Crippen molar-refractivity contribution >= 4 is 39.2 Å². The lowest BCUT2D eigenvalue weighted by atomic mass is 10.2. The van der Waals surface area contributed by atoms with E-state index in [0.717, 1.165) is 15.7 Å². The van der Waals surface area contributed by atoms with Gasteiger partial charge in [-0.15, -0.1) is 0 Å². The van der Waals surface area contributed by atoms with E-state index >= 15 is 0 Å². The fraction of sp³-hybridized carbons (Fsp3) is 0.217. The van der Waals surface area contributed by atoms with Crippen LogP contribution < -0.4 is 5.32 Å². The second kappa shape index (κ2) is 9.78. The molecule has 0 aliphatic carbocycles. The van der Waals surface area contributed by atoms with E-state index in [4.69, 9.17) is 16.3 Å². The molecule has 0 saturated carbocycles. The molecule has 2 aromatic carbocycles. The van der Waals surface area contributed by atoms with Gasteiger partial charge in [0.15, 0.2) is 6.61 Å². The van der Waals surface area contributed by atoms with Gasteiger partial charge in [0.1, 0.15) is 0 Å². The highest BCUT2D eigenvalue weighted by atomic mass is 35.5. The first-order valence-corrected chi connectivity index (χ1v) is 11.8. The first-order chi connectivity index (χ1) is 15.5.